The van der Waals surface area contributed by atoms with Gasteiger partial charge in [-0.3, -0.25) is 4.90 Å². The summed E-state index contributed by atoms with van der Waals surface area (Å²) in [6.07, 6.45) is 2.27. The molecule has 1 aliphatic heterocycles. The van der Waals surface area contributed by atoms with E-state index >= 15 is 0 Å². The molecule has 6 nitrogen and oxygen atoms in total. The van der Waals surface area contributed by atoms with Crippen molar-refractivity contribution in [1.82, 2.24) is 10.2 Å². The average Bonchev–Trinajstić information content (AvgIpc) is 2.71. The number of benzene rings is 1. The highest BCUT2D eigenvalue weighted by Gasteiger charge is 2.19. The second kappa shape index (κ2) is 12.9. The highest BCUT2D eigenvalue weighted by atomic mass is 16.7. The zero-order valence-electron chi connectivity index (χ0n) is 17.3. The van der Waals surface area contributed by atoms with Gasteiger partial charge >= 0.3 is 0 Å². The first kappa shape index (κ1) is 22.0. The van der Waals surface area contributed by atoms with Crippen molar-refractivity contribution in [2.75, 3.05) is 71.0 Å². The molecule has 1 aromatic rings. The quantitative estimate of drug-likeness (QED) is 0.420. The van der Waals surface area contributed by atoms with Crippen LogP contribution in [0.15, 0.2) is 24.3 Å². The van der Waals surface area contributed by atoms with Crippen molar-refractivity contribution in [3.8, 4) is 5.75 Å². The van der Waals surface area contributed by atoms with Crippen LogP contribution < -0.4 is 15.0 Å². The number of unbranched alkanes of at least 4 members (excludes halogenated alkanes) is 1. The summed E-state index contributed by atoms with van der Waals surface area (Å²) in [5.74, 6) is 0.967. The van der Waals surface area contributed by atoms with E-state index in [4.69, 9.17) is 14.2 Å². The van der Waals surface area contributed by atoms with E-state index in [9.17, 15) is 0 Å². The third-order valence-electron chi connectivity index (χ3n) is 4.89. The van der Waals surface area contributed by atoms with E-state index in [0.717, 1.165) is 45.0 Å². The van der Waals surface area contributed by atoms with Gasteiger partial charge in [0.2, 0.25) is 0 Å². The Balaban J connectivity index is 1.57. The fraction of sp³-hybridized carbons (Fsp3) is 0.714. The van der Waals surface area contributed by atoms with Crippen molar-refractivity contribution in [2.24, 2.45) is 0 Å². The molecule has 1 fully saturated rings. The molecule has 2 rings (SSSR count). The Labute approximate surface area is 164 Å². The molecule has 0 radical (unpaired) electrons. The Hall–Kier alpha value is -1.34. The van der Waals surface area contributed by atoms with Gasteiger partial charge in [0.15, 0.2) is 6.29 Å². The molecule has 0 atom stereocenters. The maximum absolute atomic E-state index is 5.54. The molecular formula is C21H37N3O3. The summed E-state index contributed by atoms with van der Waals surface area (Å²) in [6.45, 7) is 12.7. The lowest BCUT2D eigenvalue weighted by Crippen LogP contribution is -2.46. The minimum atomic E-state index is -0.122. The van der Waals surface area contributed by atoms with Crippen molar-refractivity contribution in [1.29, 1.82) is 0 Å². The van der Waals surface area contributed by atoms with Crippen molar-refractivity contribution in [3.63, 3.8) is 0 Å². The molecule has 0 amide bonds. The maximum Gasteiger partial charge on any atom is 0.169 e. The number of piperazine rings is 1. The van der Waals surface area contributed by atoms with E-state index in [1.54, 1.807) is 7.11 Å². The molecule has 0 aromatic heterocycles. The summed E-state index contributed by atoms with van der Waals surface area (Å²) in [4.78, 5) is 4.99. The normalized spacial score (nSPS) is 15.5. The summed E-state index contributed by atoms with van der Waals surface area (Å²) < 4.78 is 16.6. The molecule has 1 aliphatic rings. The number of hydrogen-bond donors (Lipinski definition) is 1. The minimum Gasteiger partial charge on any atom is -0.495 e. The molecule has 27 heavy (non-hydrogen) atoms. The molecule has 1 N–H and O–H groups in total. The maximum atomic E-state index is 5.54. The highest BCUT2D eigenvalue weighted by Crippen LogP contribution is 2.28. The van der Waals surface area contributed by atoms with E-state index < -0.39 is 0 Å². The number of ether oxygens (including phenoxy) is 3. The van der Waals surface area contributed by atoms with Gasteiger partial charge in [-0.15, -0.1) is 0 Å². The lowest BCUT2D eigenvalue weighted by atomic mass is 10.2. The Morgan fingerprint density at radius 3 is 2.37 bits per heavy atom. The summed E-state index contributed by atoms with van der Waals surface area (Å²) in [6, 6.07) is 8.30. The topological polar surface area (TPSA) is 46.2 Å². The number of rotatable bonds is 13. The second-order valence-electron chi connectivity index (χ2n) is 6.75. The van der Waals surface area contributed by atoms with Crippen LogP contribution in [-0.2, 0) is 9.47 Å². The van der Waals surface area contributed by atoms with Gasteiger partial charge in [-0.1, -0.05) is 12.1 Å². The predicted molar refractivity (Wildman–Crippen MR) is 111 cm³/mol. The van der Waals surface area contributed by atoms with Crippen molar-refractivity contribution >= 4 is 5.69 Å². The van der Waals surface area contributed by atoms with Crippen LogP contribution in [0.1, 0.15) is 26.7 Å². The third kappa shape index (κ3) is 7.66. The first-order valence-electron chi connectivity index (χ1n) is 10.3. The van der Waals surface area contributed by atoms with Crippen LogP contribution in [0.25, 0.3) is 0 Å². The number of methoxy groups -OCH3 is 1. The number of nitrogens with zero attached hydrogens (tertiary/aromatic N) is 2. The SMILES string of the molecule is CCOC(CNCCCCN1CCN(c2ccccc2OC)CC1)OCC. The van der Waals surface area contributed by atoms with E-state index in [1.807, 2.05) is 26.0 Å². The first-order chi connectivity index (χ1) is 13.3. The largest absolute Gasteiger partial charge is 0.495 e. The zero-order valence-corrected chi connectivity index (χ0v) is 17.3. The van der Waals surface area contributed by atoms with Crippen LogP contribution in [0.2, 0.25) is 0 Å². The van der Waals surface area contributed by atoms with Crippen molar-refractivity contribution in [2.45, 2.75) is 33.0 Å². The van der Waals surface area contributed by atoms with Gasteiger partial charge in [-0.25, -0.2) is 0 Å². The van der Waals surface area contributed by atoms with Crippen LogP contribution in [0, 0.1) is 0 Å². The molecular weight excluding hydrogens is 342 g/mol. The lowest BCUT2D eigenvalue weighted by molar-refractivity contribution is -0.132. The lowest BCUT2D eigenvalue weighted by Gasteiger charge is -2.36. The smallest absolute Gasteiger partial charge is 0.169 e. The number of hydrogen-bond acceptors (Lipinski definition) is 6. The summed E-state index contributed by atoms with van der Waals surface area (Å²) in [5.41, 5.74) is 1.21. The van der Waals surface area contributed by atoms with Crippen molar-refractivity contribution < 1.29 is 14.2 Å². The number of nitrogens with one attached hydrogen (secondary N) is 1. The van der Waals surface area contributed by atoms with Gasteiger partial charge in [0, 0.05) is 45.9 Å². The molecule has 0 aliphatic carbocycles. The molecule has 6 heteroatoms. The molecule has 154 valence electrons. The van der Waals surface area contributed by atoms with Gasteiger partial charge in [-0.05, 0) is 51.9 Å². The number of para-hydroxylation sites is 2. The molecule has 0 unspecified atom stereocenters. The monoisotopic (exact) mass is 379 g/mol. The Kier molecular flexibility index (Phi) is 10.5. The van der Waals surface area contributed by atoms with Gasteiger partial charge in [0.05, 0.1) is 12.8 Å². The fourth-order valence-electron chi connectivity index (χ4n) is 3.45. The minimum absolute atomic E-state index is 0.122. The summed E-state index contributed by atoms with van der Waals surface area (Å²) in [7, 11) is 1.74. The summed E-state index contributed by atoms with van der Waals surface area (Å²) in [5, 5.41) is 3.44. The molecule has 0 saturated carbocycles. The fourth-order valence-corrected chi connectivity index (χ4v) is 3.45. The molecule has 1 saturated heterocycles. The summed E-state index contributed by atoms with van der Waals surface area (Å²) >= 11 is 0. The van der Waals surface area contributed by atoms with Gasteiger partial charge in [-0.2, -0.15) is 0 Å². The average molecular weight is 380 g/mol. The van der Waals surface area contributed by atoms with Crippen LogP contribution in [0.3, 0.4) is 0 Å². The van der Waals surface area contributed by atoms with Crippen LogP contribution in [0.4, 0.5) is 5.69 Å². The van der Waals surface area contributed by atoms with Crippen LogP contribution >= 0.6 is 0 Å². The van der Waals surface area contributed by atoms with E-state index in [1.165, 1.54) is 25.1 Å². The number of anilines is 1. The Morgan fingerprint density at radius 2 is 1.70 bits per heavy atom. The Morgan fingerprint density at radius 1 is 1.00 bits per heavy atom. The van der Waals surface area contributed by atoms with Crippen LogP contribution in [0.5, 0.6) is 5.75 Å². The van der Waals surface area contributed by atoms with Gasteiger partial charge in [0.25, 0.3) is 0 Å². The van der Waals surface area contributed by atoms with E-state index in [-0.39, 0.29) is 6.29 Å². The second-order valence-corrected chi connectivity index (χ2v) is 6.75. The first-order valence-corrected chi connectivity index (χ1v) is 10.3. The standard InChI is InChI=1S/C21H37N3O3/c1-4-26-21(27-5-2)18-22-12-8-9-13-23-14-16-24(17-15-23)19-10-6-7-11-20(19)25-3/h6-7,10-11,21-22H,4-5,8-9,12-18H2,1-3H3. The predicted octanol–water partition coefficient (Wildman–Crippen LogP) is 2.59. The van der Waals surface area contributed by atoms with Crippen LogP contribution in [-0.4, -0.2) is 77.3 Å². The zero-order chi connectivity index (χ0) is 19.3. The third-order valence-corrected chi connectivity index (χ3v) is 4.89. The van der Waals surface area contributed by atoms with Gasteiger partial charge in [0.1, 0.15) is 5.75 Å². The highest BCUT2D eigenvalue weighted by molar-refractivity contribution is 5.58. The molecule has 1 aromatic carbocycles. The van der Waals surface area contributed by atoms with Gasteiger partial charge < -0.3 is 24.4 Å². The van der Waals surface area contributed by atoms with Crippen molar-refractivity contribution in [3.05, 3.63) is 24.3 Å². The van der Waals surface area contributed by atoms with E-state index in [0.29, 0.717) is 13.2 Å². The van der Waals surface area contributed by atoms with E-state index in [2.05, 4.69) is 27.2 Å². The molecule has 0 bridgehead atoms. The molecule has 1 heterocycles. The molecule has 0 spiro atoms. The Bertz CT molecular complexity index is 501.